The fourth-order valence-corrected chi connectivity index (χ4v) is 2.14. The van der Waals surface area contributed by atoms with Gasteiger partial charge in [0.05, 0.1) is 11.6 Å². The van der Waals surface area contributed by atoms with Gasteiger partial charge in [0.15, 0.2) is 0 Å². The Kier molecular flexibility index (Phi) is 2.62. The summed E-state index contributed by atoms with van der Waals surface area (Å²) >= 11 is 5.86. The molecule has 94 valence electrons. The van der Waals surface area contributed by atoms with E-state index in [4.69, 9.17) is 17.3 Å². The molecule has 0 fully saturated rings. The maximum atomic E-state index is 9.30. The lowest BCUT2D eigenvalue weighted by Gasteiger charge is -2.25. The molecule has 0 radical (unpaired) electrons. The smallest absolute Gasteiger partial charge is 0.231 e. The largest absolute Gasteiger partial charge is 0.384 e. The highest BCUT2D eigenvalue weighted by atomic mass is 35.5. The van der Waals surface area contributed by atoms with Crippen LogP contribution in [-0.4, -0.2) is 14.8 Å². The second kappa shape index (κ2) is 4.30. The Morgan fingerprint density at radius 2 is 2.11 bits per heavy atom. The van der Waals surface area contributed by atoms with Crippen LogP contribution in [0.5, 0.6) is 0 Å². The predicted molar refractivity (Wildman–Crippen MR) is 70.9 cm³/mol. The van der Waals surface area contributed by atoms with Crippen molar-refractivity contribution < 1.29 is 0 Å². The van der Waals surface area contributed by atoms with E-state index >= 15 is 0 Å². The molecule has 1 aliphatic heterocycles. The molecule has 2 aromatic rings. The Bertz CT molecular complexity index is 694. The summed E-state index contributed by atoms with van der Waals surface area (Å²) in [6.45, 7) is 0. The molecular formula is C12H9ClN6. The van der Waals surface area contributed by atoms with Gasteiger partial charge in [-0.25, -0.2) is 0 Å². The number of fused-ring (bicyclic) bond motifs is 1. The summed E-state index contributed by atoms with van der Waals surface area (Å²) in [6.07, 6.45) is 1.47. The zero-order chi connectivity index (χ0) is 13.4. The summed E-state index contributed by atoms with van der Waals surface area (Å²) < 4.78 is 1.55. The van der Waals surface area contributed by atoms with Gasteiger partial charge in [-0.15, -0.1) is 10.2 Å². The van der Waals surface area contributed by atoms with Crippen molar-refractivity contribution in [3.63, 3.8) is 0 Å². The molecule has 7 heteroatoms. The normalized spacial score (nSPS) is 17.6. The molecule has 6 nitrogen and oxygen atoms in total. The molecule has 0 aliphatic carbocycles. The minimum atomic E-state index is -0.348. The van der Waals surface area contributed by atoms with Gasteiger partial charge in [-0.05, 0) is 17.7 Å². The summed E-state index contributed by atoms with van der Waals surface area (Å²) in [5.74, 6) is 0.845. The van der Waals surface area contributed by atoms with E-state index < -0.39 is 0 Å². The average molecular weight is 273 g/mol. The average Bonchev–Trinajstić information content (AvgIpc) is 2.88. The number of rotatable bonds is 1. The number of hydrogen-bond acceptors (Lipinski definition) is 5. The van der Waals surface area contributed by atoms with E-state index in [-0.39, 0.29) is 6.04 Å². The van der Waals surface area contributed by atoms with Gasteiger partial charge in [0.25, 0.3) is 0 Å². The lowest BCUT2D eigenvalue weighted by atomic mass is 9.98. The third-order valence-electron chi connectivity index (χ3n) is 2.97. The van der Waals surface area contributed by atoms with Gasteiger partial charge in [-0.2, -0.15) is 5.26 Å². The van der Waals surface area contributed by atoms with E-state index in [1.54, 1.807) is 16.7 Å². The summed E-state index contributed by atoms with van der Waals surface area (Å²) in [5, 5.41) is 20.8. The molecule has 19 heavy (non-hydrogen) atoms. The van der Waals surface area contributed by atoms with E-state index in [9.17, 15) is 5.26 Å². The highest BCUT2D eigenvalue weighted by Crippen LogP contribution is 2.32. The number of nitrogens with two attached hydrogens (primary N) is 1. The number of benzene rings is 1. The summed E-state index contributed by atoms with van der Waals surface area (Å²) in [4.78, 5) is 0. The number of halogens is 1. The third kappa shape index (κ3) is 1.80. The van der Waals surface area contributed by atoms with Crippen LogP contribution < -0.4 is 11.1 Å². The maximum Gasteiger partial charge on any atom is 0.231 e. The van der Waals surface area contributed by atoms with Gasteiger partial charge in [0.2, 0.25) is 5.95 Å². The van der Waals surface area contributed by atoms with Crippen LogP contribution in [0.2, 0.25) is 5.02 Å². The zero-order valence-electron chi connectivity index (χ0n) is 9.71. The molecule has 0 amide bonds. The predicted octanol–water partition coefficient (Wildman–Crippen LogP) is 1.75. The molecule has 0 spiro atoms. The van der Waals surface area contributed by atoms with Crippen molar-refractivity contribution in [2.24, 2.45) is 5.73 Å². The molecule has 1 unspecified atom stereocenters. The first-order valence-electron chi connectivity index (χ1n) is 5.53. The molecule has 2 heterocycles. The first-order chi connectivity index (χ1) is 9.20. The Morgan fingerprint density at radius 1 is 1.37 bits per heavy atom. The number of aromatic nitrogens is 3. The number of nitriles is 1. The van der Waals surface area contributed by atoms with Gasteiger partial charge < -0.3 is 11.1 Å². The third-order valence-corrected chi connectivity index (χ3v) is 3.22. The molecule has 0 saturated heterocycles. The molecule has 0 bridgehead atoms. The van der Waals surface area contributed by atoms with Crippen LogP contribution >= 0.6 is 11.6 Å². The standard InChI is InChI=1S/C12H9ClN6/c13-8-3-1-7(2-4-8)10-9(5-14)11(15)19-6-16-18-12(19)17-10/h1-4,6,10H,15H2,(H,17,18). The highest BCUT2D eigenvalue weighted by Gasteiger charge is 2.27. The van der Waals surface area contributed by atoms with Crippen molar-refractivity contribution in [1.82, 2.24) is 14.8 Å². The van der Waals surface area contributed by atoms with Crippen molar-refractivity contribution in [3.05, 3.63) is 46.8 Å². The van der Waals surface area contributed by atoms with Crippen LogP contribution in [0.3, 0.4) is 0 Å². The fourth-order valence-electron chi connectivity index (χ4n) is 2.02. The van der Waals surface area contributed by atoms with Gasteiger partial charge >= 0.3 is 0 Å². The fraction of sp³-hybridized carbons (Fsp3) is 0.0833. The second-order valence-electron chi connectivity index (χ2n) is 4.06. The van der Waals surface area contributed by atoms with Crippen LogP contribution in [0.1, 0.15) is 11.6 Å². The van der Waals surface area contributed by atoms with Crippen LogP contribution in [0.4, 0.5) is 5.95 Å². The Morgan fingerprint density at radius 3 is 2.79 bits per heavy atom. The molecule has 1 aromatic heterocycles. The van der Waals surface area contributed by atoms with Gasteiger partial charge in [0.1, 0.15) is 18.2 Å². The monoisotopic (exact) mass is 272 g/mol. The topological polar surface area (TPSA) is 92.5 Å². The number of nitrogens with one attached hydrogen (secondary N) is 1. The lowest BCUT2D eigenvalue weighted by molar-refractivity contribution is 0.848. The molecule has 0 saturated carbocycles. The van der Waals surface area contributed by atoms with E-state index in [0.29, 0.717) is 22.4 Å². The van der Waals surface area contributed by atoms with Crippen molar-refractivity contribution in [2.45, 2.75) is 6.04 Å². The lowest BCUT2D eigenvalue weighted by Crippen LogP contribution is -2.26. The maximum absolute atomic E-state index is 9.30. The molecule has 1 aromatic carbocycles. The van der Waals surface area contributed by atoms with E-state index in [2.05, 4.69) is 21.6 Å². The Labute approximate surface area is 114 Å². The summed E-state index contributed by atoms with van der Waals surface area (Å²) in [5.41, 5.74) is 7.29. The summed E-state index contributed by atoms with van der Waals surface area (Å²) in [7, 11) is 0. The van der Waals surface area contributed by atoms with Crippen LogP contribution in [0, 0.1) is 11.3 Å². The van der Waals surface area contributed by atoms with Gasteiger partial charge in [-0.3, -0.25) is 4.57 Å². The number of nitrogens with zero attached hydrogens (tertiary/aromatic N) is 4. The van der Waals surface area contributed by atoms with Crippen molar-refractivity contribution >= 4 is 23.4 Å². The van der Waals surface area contributed by atoms with Crippen LogP contribution in [0.15, 0.2) is 36.2 Å². The summed E-state index contributed by atoms with van der Waals surface area (Å²) in [6, 6.07) is 9.00. The quantitative estimate of drug-likeness (QED) is 0.825. The van der Waals surface area contributed by atoms with E-state index in [1.807, 2.05) is 12.1 Å². The molecule has 3 N–H and O–H groups in total. The Hall–Kier alpha value is -2.52. The van der Waals surface area contributed by atoms with E-state index in [0.717, 1.165) is 5.56 Å². The highest BCUT2D eigenvalue weighted by molar-refractivity contribution is 6.30. The second-order valence-corrected chi connectivity index (χ2v) is 4.50. The molecule has 3 rings (SSSR count). The minimum Gasteiger partial charge on any atom is -0.384 e. The first kappa shape index (κ1) is 11.6. The molecule has 1 aliphatic rings. The van der Waals surface area contributed by atoms with E-state index in [1.165, 1.54) is 6.33 Å². The van der Waals surface area contributed by atoms with Gasteiger partial charge in [0, 0.05) is 5.02 Å². The minimum absolute atomic E-state index is 0.334. The molecular weight excluding hydrogens is 264 g/mol. The van der Waals surface area contributed by atoms with Crippen molar-refractivity contribution in [1.29, 1.82) is 5.26 Å². The Balaban J connectivity index is 2.11. The van der Waals surface area contributed by atoms with Gasteiger partial charge in [-0.1, -0.05) is 23.7 Å². The van der Waals surface area contributed by atoms with Crippen molar-refractivity contribution in [2.75, 3.05) is 5.32 Å². The number of hydrogen-bond donors (Lipinski definition) is 2. The molecule has 1 atom stereocenters. The first-order valence-corrected chi connectivity index (χ1v) is 5.90. The van der Waals surface area contributed by atoms with Crippen molar-refractivity contribution in [3.8, 4) is 6.07 Å². The van der Waals surface area contributed by atoms with Crippen LogP contribution in [0.25, 0.3) is 5.82 Å². The SMILES string of the molecule is N#CC1=C(N)n2cnnc2NC1c1ccc(Cl)cc1. The number of anilines is 1. The van der Waals surface area contributed by atoms with Crippen LogP contribution in [-0.2, 0) is 0 Å². The zero-order valence-corrected chi connectivity index (χ0v) is 10.5.